The highest BCUT2D eigenvalue weighted by Crippen LogP contribution is 2.35. The van der Waals surface area contributed by atoms with Gasteiger partial charge in [-0.05, 0) is 30.3 Å². The standard InChI is InChI=1S/C15H10BrFN2O/c16-9-4-5-14-12(6-9)15(13(18)8-19-14)20-11-3-1-2-10(17)7-11/h1-8H,18H2. The van der Waals surface area contributed by atoms with Crippen molar-refractivity contribution in [2.75, 3.05) is 5.73 Å². The lowest BCUT2D eigenvalue weighted by molar-refractivity contribution is 0.484. The Morgan fingerprint density at radius 1 is 1.15 bits per heavy atom. The maximum absolute atomic E-state index is 13.2. The van der Waals surface area contributed by atoms with Gasteiger partial charge in [0.25, 0.3) is 0 Å². The van der Waals surface area contributed by atoms with Crippen LogP contribution in [0.5, 0.6) is 11.5 Å². The molecule has 2 N–H and O–H groups in total. The van der Waals surface area contributed by atoms with Crippen molar-refractivity contribution in [3.05, 3.63) is 59.0 Å². The summed E-state index contributed by atoms with van der Waals surface area (Å²) >= 11 is 3.40. The van der Waals surface area contributed by atoms with Gasteiger partial charge in [0.05, 0.1) is 17.4 Å². The van der Waals surface area contributed by atoms with Crippen LogP contribution in [0.2, 0.25) is 0 Å². The molecular formula is C15H10BrFN2O. The van der Waals surface area contributed by atoms with E-state index in [-0.39, 0.29) is 5.82 Å². The molecule has 1 aromatic heterocycles. The zero-order chi connectivity index (χ0) is 14.1. The smallest absolute Gasteiger partial charge is 0.161 e. The number of ether oxygens (including phenoxy) is 1. The molecule has 2 aromatic carbocycles. The monoisotopic (exact) mass is 332 g/mol. The van der Waals surface area contributed by atoms with Crippen molar-refractivity contribution in [2.45, 2.75) is 0 Å². The average Bonchev–Trinajstić information content (AvgIpc) is 2.42. The Labute approximate surface area is 123 Å². The van der Waals surface area contributed by atoms with Crippen LogP contribution < -0.4 is 10.5 Å². The molecule has 0 fully saturated rings. The van der Waals surface area contributed by atoms with Crippen molar-refractivity contribution in [2.24, 2.45) is 0 Å². The van der Waals surface area contributed by atoms with E-state index in [1.807, 2.05) is 18.2 Å². The number of anilines is 1. The zero-order valence-corrected chi connectivity index (χ0v) is 11.9. The minimum Gasteiger partial charge on any atom is -0.454 e. The second kappa shape index (κ2) is 5.09. The summed E-state index contributed by atoms with van der Waals surface area (Å²) in [5.41, 5.74) is 7.09. The van der Waals surface area contributed by atoms with E-state index in [9.17, 15) is 4.39 Å². The topological polar surface area (TPSA) is 48.1 Å². The van der Waals surface area contributed by atoms with Crippen molar-refractivity contribution in [3.8, 4) is 11.5 Å². The molecule has 3 nitrogen and oxygen atoms in total. The number of rotatable bonds is 2. The van der Waals surface area contributed by atoms with Gasteiger partial charge in [-0.15, -0.1) is 0 Å². The average molecular weight is 333 g/mol. The first-order chi connectivity index (χ1) is 9.63. The molecule has 0 bridgehead atoms. The van der Waals surface area contributed by atoms with Gasteiger partial charge in [-0.25, -0.2) is 4.39 Å². The van der Waals surface area contributed by atoms with Gasteiger partial charge in [-0.2, -0.15) is 0 Å². The molecular weight excluding hydrogens is 323 g/mol. The molecule has 3 aromatic rings. The molecule has 0 amide bonds. The summed E-state index contributed by atoms with van der Waals surface area (Å²) in [7, 11) is 0. The summed E-state index contributed by atoms with van der Waals surface area (Å²) in [5, 5.41) is 0.767. The van der Waals surface area contributed by atoms with Crippen LogP contribution in [-0.2, 0) is 0 Å². The molecule has 0 unspecified atom stereocenters. The minimum atomic E-state index is -0.361. The van der Waals surface area contributed by atoms with Gasteiger partial charge < -0.3 is 10.5 Å². The number of nitrogens with zero attached hydrogens (tertiary/aromatic N) is 1. The lowest BCUT2D eigenvalue weighted by atomic mass is 10.2. The largest absolute Gasteiger partial charge is 0.454 e. The summed E-state index contributed by atoms with van der Waals surface area (Å²) in [6, 6.07) is 11.5. The summed E-state index contributed by atoms with van der Waals surface area (Å²) in [6.45, 7) is 0. The summed E-state index contributed by atoms with van der Waals surface area (Å²) in [6.07, 6.45) is 1.53. The lowest BCUT2D eigenvalue weighted by Crippen LogP contribution is -1.95. The summed E-state index contributed by atoms with van der Waals surface area (Å²) in [5.74, 6) is 0.506. The van der Waals surface area contributed by atoms with Crippen molar-refractivity contribution >= 4 is 32.5 Å². The van der Waals surface area contributed by atoms with Gasteiger partial charge in [0, 0.05) is 15.9 Å². The van der Waals surface area contributed by atoms with Crippen LogP contribution in [0.4, 0.5) is 10.1 Å². The molecule has 5 heteroatoms. The maximum Gasteiger partial charge on any atom is 0.161 e. The van der Waals surface area contributed by atoms with Crippen molar-refractivity contribution < 1.29 is 9.13 Å². The molecule has 0 saturated carbocycles. The maximum atomic E-state index is 13.2. The van der Waals surface area contributed by atoms with E-state index in [0.29, 0.717) is 17.2 Å². The first kappa shape index (κ1) is 12.9. The highest BCUT2D eigenvalue weighted by molar-refractivity contribution is 9.10. The Kier molecular flexibility index (Phi) is 3.28. The normalized spacial score (nSPS) is 10.7. The Bertz CT molecular complexity index is 787. The zero-order valence-electron chi connectivity index (χ0n) is 10.3. The molecule has 0 aliphatic heterocycles. The van der Waals surface area contributed by atoms with E-state index in [4.69, 9.17) is 10.5 Å². The van der Waals surface area contributed by atoms with Gasteiger partial charge in [-0.3, -0.25) is 4.98 Å². The van der Waals surface area contributed by atoms with Crippen molar-refractivity contribution in [1.29, 1.82) is 0 Å². The van der Waals surface area contributed by atoms with Crippen LogP contribution in [-0.4, -0.2) is 4.98 Å². The molecule has 0 radical (unpaired) electrons. The predicted octanol–water partition coefficient (Wildman–Crippen LogP) is 4.51. The number of hydrogen-bond donors (Lipinski definition) is 1. The molecule has 0 atom stereocenters. The molecule has 1 heterocycles. The Morgan fingerprint density at radius 2 is 2.00 bits per heavy atom. The second-order valence-corrected chi connectivity index (χ2v) is 5.18. The summed E-state index contributed by atoms with van der Waals surface area (Å²) in [4.78, 5) is 4.24. The molecule has 3 rings (SSSR count). The van der Waals surface area contributed by atoms with Crippen molar-refractivity contribution in [1.82, 2.24) is 4.98 Å². The SMILES string of the molecule is Nc1cnc2ccc(Br)cc2c1Oc1cccc(F)c1. The third-order valence-electron chi connectivity index (χ3n) is 2.82. The Morgan fingerprint density at radius 3 is 2.80 bits per heavy atom. The molecule has 100 valence electrons. The fraction of sp³-hybridized carbons (Fsp3) is 0. The fourth-order valence-electron chi connectivity index (χ4n) is 1.92. The molecule has 0 spiro atoms. The van der Waals surface area contributed by atoms with E-state index < -0.39 is 0 Å². The molecule has 0 aliphatic rings. The second-order valence-electron chi connectivity index (χ2n) is 4.26. The van der Waals surface area contributed by atoms with Crippen LogP contribution in [0.3, 0.4) is 0 Å². The van der Waals surface area contributed by atoms with Gasteiger partial charge in [0.1, 0.15) is 11.6 Å². The highest BCUT2D eigenvalue weighted by Gasteiger charge is 2.10. The lowest BCUT2D eigenvalue weighted by Gasteiger charge is -2.11. The quantitative estimate of drug-likeness (QED) is 0.751. The van der Waals surface area contributed by atoms with Crippen LogP contribution in [0.25, 0.3) is 10.9 Å². The Balaban J connectivity index is 2.14. The number of aromatic nitrogens is 1. The van der Waals surface area contributed by atoms with E-state index in [0.717, 1.165) is 15.4 Å². The molecule has 0 aliphatic carbocycles. The van der Waals surface area contributed by atoms with Crippen LogP contribution in [0, 0.1) is 5.82 Å². The number of hydrogen-bond acceptors (Lipinski definition) is 3. The first-order valence-corrected chi connectivity index (χ1v) is 6.70. The summed E-state index contributed by atoms with van der Waals surface area (Å²) < 4.78 is 19.8. The number of pyridine rings is 1. The number of nitrogens with two attached hydrogens (primary N) is 1. The van der Waals surface area contributed by atoms with Gasteiger partial charge >= 0.3 is 0 Å². The number of fused-ring (bicyclic) bond motifs is 1. The van der Waals surface area contributed by atoms with Gasteiger partial charge in [-0.1, -0.05) is 22.0 Å². The number of benzene rings is 2. The van der Waals surface area contributed by atoms with Crippen LogP contribution in [0.1, 0.15) is 0 Å². The van der Waals surface area contributed by atoms with Gasteiger partial charge in [0.2, 0.25) is 0 Å². The first-order valence-electron chi connectivity index (χ1n) is 5.90. The fourth-order valence-corrected chi connectivity index (χ4v) is 2.28. The number of nitrogen functional groups attached to an aromatic ring is 1. The third kappa shape index (κ3) is 2.44. The van der Waals surface area contributed by atoms with E-state index in [1.165, 1.54) is 18.3 Å². The van der Waals surface area contributed by atoms with Crippen LogP contribution in [0.15, 0.2) is 53.1 Å². The Hall–Kier alpha value is -2.14. The minimum absolute atomic E-state index is 0.361. The van der Waals surface area contributed by atoms with Gasteiger partial charge in [0.15, 0.2) is 5.75 Å². The van der Waals surface area contributed by atoms with Crippen LogP contribution >= 0.6 is 15.9 Å². The van der Waals surface area contributed by atoms with E-state index in [2.05, 4.69) is 20.9 Å². The third-order valence-corrected chi connectivity index (χ3v) is 3.32. The van der Waals surface area contributed by atoms with Crippen molar-refractivity contribution in [3.63, 3.8) is 0 Å². The molecule has 0 saturated heterocycles. The molecule has 20 heavy (non-hydrogen) atoms. The van der Waals surface area contributed by atoms with E-state index >= 15 is 0 Å². The number of halogens is 2. The highest BCUT2D eigenvalue weighted by atomic mass is 79.9. The predicted molar refractivity (Wildman–Crippen MR) is 80.3 cm³/mol. The van der Waals surface area contributed by atoms with E-state index in [1.54, 1.807) is 12.1 Å².